The second kappa shape index (κ2) is 5.67. The van der Waals surface area contributed by atoms with Gasteiger partial charge in [-0.3, -0.25) is 4.79 Å². The van der Waals surface area contributed by atoms with Crippen molar-refractivity contribution in [2.75, 3.05) is 13.2 Å². The third-order valence-electron chi connectivity index (χ3n) is 1.76. The molecule has 1 aromatic heterocycles. The molecule has 1 amide bonds. The number of halogens is 1. The molecule has 0 aliphatic heterocycles. The number of hydrogen-bond donors (Lipinski definition) is 3. The van der Waals surface area contributed by atoms with Gasteiger partial charge < -0.3 is 15.4 Å². The number of aromatic nitrogens is 1. The van der Waals surface area contributed by atoms with Crippen LogP contribution < -0.4 is 5.32 Å². The summed E-state index contributed by atoms with van der Waals surface area (Å²) in [6, 6.07) is 1.57. The molecule has 1 aromatic rings. The van der Waals surface area contributed by atoms with Gasteiger partial charge in [-0.05, 0) is 18.9 Å². The normalized spacial score (nSPS) is 10.1. The van der Waals surface area contributed by atoms with E-state index in [4.69, 9.17) is 16.7 Å². The molecule has 0 aromatic carbocycles. The van der Waals surface area contributed by atoms with Gasteiger partial charge in [-0.25, -0.2) is 0 Å². The van der Waals surface area contributed by atoms with Gasteiger partial charge in [0.15, 0.2) is 0 Å². The number of unbranched alkanes of at least 4 members (excludes halogenated alkanes) is 1. The number of hydrogen-bond acceptors (Lipinski definition) is 2. The topological polar surface area (TPSA) is 65.1 Å². The van der Waals surface area contributed by atoms with Crippen LogP contribution in [0.1, 0.15) is 23.3 Å². The van der Waals surface area contributed by atoms with Crippen molar-refractivity contribution in [3.8, 4) is 0 Å². The smallest absolute Gasteiger partial charge is 0.267 e. The van der Waals surface area contributed by atoms with Gasteiger partial charge in [0.25, 0.3) is 5.91 Å². The lowest BCUT2D eigenvalue weighted by molar-refractivity contribution is 0.0947. The van der Waals surface area contributed by atoms with Crippen LogP contribution in [0.4, 0.5) is 0 Å². The Kier molecular flexibility index (Phi) is 4.49. The Morgan fingerprint density at radius 2 is 2.36 bits per heavy atom. The molecule has 0 aliphatic rings. The Labute approximate surface area is 87.3 Å². The monoisotopic (exact) mass is 216 g/mol. The fourth-order valence-electron chi connectivity index (χ4n) is 1.03. The van der Waals surface area contributed by atoms with Crippen LogP contribution in [-0.4, -0.2) is 29.1 Å². The number of amides is 1. The fraction of sp³-hybridized carbons (Fsp3) is 0.444. The van der Waals surface area contributed by atoms with Crippen molar-refractivity contribution in [1.29, 1.82) is 0 Å². The standard InChI is InChI=1S/C9H13ClN2O2/c10-7-5-8(12-6-7)9(14)11-3-1-2-4-13/h5-6,12-13H,1-4H2,(H,11,14). The number of aliphatic hydroxyl groups excluding tert-OH is 1. The lowest BCUT2D eigenvalue weighted by Crippen LogP contribution is -2.24. The molecule has 0 spiro atoms. The molecule has 1 heterocycles. The second-order valence-corrected chi connectivity index (χ2v) is 3.35. The maximum atomic E-state index is 11.4. The van der Waals surface area contributed by atoms with Crippen LogP contribution >= 0.6 is 11.6 Å². The molecule has 0 saturated carbocycles. The number of rotatable bonds is 5. The largest absolute Gasteiger partial charge is 0.396 e. The summed E-state index contributed by atoms with van der Waals surface area (Å²) >= 11 is 5.64. The van der Waals surface area contributed by atoms with E-state index in [1.165, 1.54) is 0 Å². The van der Waals surface area contributed by atoms with Gasteiger partial charge >= 0.3 is 0 Å². The highest BCUT2D eigenvalue weighted by molar-refractivity contribution is 6.30. The van der Waals surface area contributed by atoms with Gasteiger partial charge in [-0.2, -0.15) is 0 Å². The van der Waals surface area contributed by atoms with Gasteiger partial charge in [-0.15, -0.1) is 0 Å². The first-order chi connectivity index (χ1) is 6.74. The molecular formula is C9H13ClN2O2. The number of nitrogens with one attached hydrogen (secondary N) is 2. The minimum absolute atomic E-state index is 0.157. The molecule has 0 atom stereocenters. The molecule has 4 nitrogen and oxygen atoms in total. The first-order valence-corrected chi connectivity index (χ1v) is 4.85. The Hall–Kier alpha value is -1.00. The van der Waals surface area contributed by atoms with Gasteiger partial charge in [0.1, 0.15) is 5.69 Å². The van der Waals surface area contributed by atoms with E-state index in [2.05, 4.69) is 10.3 Å². The summed E-state index contributed by atoms with van der Waals surface area (Å²) in [5.74, 6) is -0.171. The van der Waals surface area contributed by atoms with Gasteiger partial charge in [0.05, 0.1) is 5.02 Å². The highest BCUT2D eigenvalue weighted by Gasteiger charge is 2.06. The van der Waals surface area contributed by atoms with Crippen LogP contribution in [0.25, 0.3) is 0 Å². The van der Waals surface area contributed by atoms with E-state index >= 15 is 0 Å². The zero-order valence-electron chi connectivity index (χ0n) is 7.72. The highest BCUT2D eigenvalue weighted by atomic mass is 35.5. The molecule has 0 unspecified atom stereocenters. The van der Waals surface area contributed by atoms with E-state index in [-0.39, 0.29) is 12.5 Å². The molecule has 0 saturated heterocycles. The molecule has 0 bridgehead atoms. The third kappa shape index (κ3) is 3.40. The number of carbonyl (C=O) groups excluding carboxylic acids is 1. The van der Waals surface area contributed by atoms with Gasteiger partial charge in [0, 0.05) is 19.3 Å². The van der Waals surface area contributed by atoms with Crippen molar-refractivity contribution in [2.45, 2.75) is 12.8 Å². The van der Waals surface area contributed by atoms with Crippen molar-refractivity contribution in [1.82, 2.24) is 10.3 Å². The van der Waals surface area contributed by atoms with E-state index in [1.807, 2.05) is 0 Å². The summed E-state index contributed by atoms with van der Waals surface area (Å²) in [7, 11) is 0. The molecule has 5 heteroatoms. The minimum atomic E-state index is -0.171. The minimum Gasteiger partial charge on any atom is -0.396 e. The molecule has 1 rings (SSSR count). The SMILES string of the molecule is O=C(NCCCCO)c1cc(Cl)c[nH]1. The number of carbonyl (C=O) groups is 1. The molecular weight excluding hydrogens is 204 g/mol. The first kappa shape index (κ1) is 11.1. The Morgan fingerprint density at radius 3 is 2.93 bits per heavy atom. The summed E-state index contributed by atoms with van der Waals surface area (Å²) in [6.07, 6.45) is 3.03. The van der Waals surface area contributed by atoms with E-state index in [9.17, 15) is 4.79 Å². The molecule has 0 radical (unpaired) electrons. The van der Waals surface area contributed by atoms with Crippen molar-refractivity contribution in [3.63, 3.8) is 0 Å². The van der Waals surface area contributed by atoms with Gasteiger partial charge in [-0.1, -0.05) is 11.6 Å². The zero-order chi connectivity index (χ0) is 10.4. The van der Waals surface area contributed by atoms with Crippen LogP contribution in [0.5, 0.6) is 0 Å². The maximum Gasteiger partial charge on any atom is 0.267 e. The Morgan fingerprint density at radius 1 is 1.57 bits per heavy atom. The van der Waals surface area contributed by atoms with E-state index in [0.29, 0.717) is 23.7 Å². The van der Waals surface area contributed by atoms with E-state index in [0.717, 1.165) is 6.42 Å². The molecule has 14 heavy (non-hydrogen) atoms. The maximum absolute atomic E-state index is 11.4. The van der Waals surface area contributed by atoms with E-state index in [1.54, 1.807) is 12.3 Å². The van der Waals surface area contributed by atoms with Crippen LogP contribution in [0, 0.1) is 0 Å². The average molecular weight is 217 g/mol. The number of H-pyrrole nitrogens is 1. The van der Waals surface area contributed by atoms with Crippen molar-refractivity contribution in [2.24, 2.45) is 0 Å². The van der Waals surface area contributed by atoms with Crippen molar-refractivity contribution >= 4 is 17.5 Å². The molecule has 0 aliphatic carbocycles. The predicted octanol–water partition coefficient (Wildman–Crippen LogP) is 1.17. The van der Waals surface area contributed by atoms with Crippen molar-refractivity contribution < 1.29 is 9.90 Å². The number of aliphatic hydroxyl groups is 1. The molecule has 3 N–H and O–H groups in total. The zero-order valence-corrected chi connectivity index (χ0v) is 8.47. The third-order valence-corrected chi connectivity index (χ3v) is 1.98. The summed E-state index contributed by atoms with van der Waals surface area (Å²) in [5.41, 5.74) is 0.457. The number of aromatic amines is 1. The predicted molar refractivity (Wildman–Crippen MR) is 54.5 cm³/mol. The van der Waals surface area contributed by atoms with E-state index < -0.39 is 0 Å². The average Bonchev–Trinajstić information content (AvgIpc) is 2.59. The Bertz CT molecular complexity index is 299. The Balaban J connectivity index is 2.29. The lowest BCUT2D eigenvalue weighted by atomic mass is 10.3. The lowest BCUT2D eigenvalue weighted by Gasteiger charge is -2.01. The van der Waals surface area contributed by atoms with Crippen molar-refractivity contribution in [3.05, 3.63) is 23.0 Å². The fourth-order valence-corrected chi connectivity index (χ4v) is 1.20. The summed E-state index contributed by atoms with van der Waals surface area (Å²) in [5, 5.41) is 11.7. The summed E-state index contributed by atoms with van der Waals surface area (Å²) < 4.78 is 0. The quantitative estimate of drug-likeness (QED) is 0.647. The summed E-state index contributed by atoms with van der Waals surface area (Å²) in [4.78, 5) is 14.1. The second-order valence-electron chi connectivity index (χ2n) is 2.92. The molecule has 78 valence electrons. The van der Waals surface area contributed by atoms with Crippen LogP contribution in [0.15, 0.2) is 12.3 Å². The van der Waals surface area contributed by atoms with Crippen LogP contribution in [0.3, 0.4) is 0 Å². The highest BCUT2D eigenvalue weighted by Crippen LogP contribution is 2.08. The first-order valence-electron chi connectivity index (χ1n) is 4.47. The van der Waals surface area contributed by atoms with Crippen LogP contribution in [0.2, 0.25) is 5.02 Å². The van der Waals surface area contributed by atoms with Crippen LogP contribution in [-0.2, 0) is 0 Å². The summed E-state index contributed by atoms with van der Waals surface area (Å²) in [6.45, 7) is 0.722. The molecule has 0 fully saturated rings. The van der Waals surface area contributed by atoms with Gasteiger partial charge in [0.2, 0.25) is 0 Å².